The Labute approximate surface area is 121 Å². The Hall–Kier alpha value is -1.35. The second kappa shape index (κ2) is 5.96. The van der Waals surface area contributed by atoms with Gasteiger partial charge >= 0.3 is 0 Å². The van der Waals surface area contributed by atoms with E-state index in [1.165, 1.54) is 18.4 Å². The monoisotopic (exact) mass is 272 g/mol. The van der Waals surface area contributed by atoms with Crippen LogP contribution in [0, 0.1) is 0 Å². The zero-order valence-corrected chi connectivity index (χ0v) is 12.3. The predicted octanol–water partition coefficient (Wildman–Crippen LogP) is 2.84. The molecule has 108 valence electrons. The maximum absolute atomic E-state index is 12.7. The number of carbonyl (C=O) groups is 1. The summed E-state index contributed by atoms with van der Waals surface area (Å²) >= 11 is 0. The van der Waals surface area contributed by atoms with Gasteiger partial charge in [0.2, 0.25) is 5.91 Å². The number of carbonyl (C=O) groups excluding carboxylic acids is 1. The van der Waals surface area contributed by atoms with Gasteiger partial charge in [0.15, 0.2) is 0 Å². The van der Waals surface area contributed by atoms with Gasteiger partial charge in [-0.05, 0) is 50.9 Å². The standard InChI is InChI=1S/C17H24N2O/c1-18-11-5-4-9-15(18)13-17(20)19-12-6-8-14-7-2-3-10-16(14)19/h2-3,7,10,15H,4-6,8-9,11-13H2,1H3. The van der Waals surface area contributed by atoms with Gasteiger partial charge in [0.1, 0.15) is 0 Å². The van der Waals surface area contributed by atoms with Gasteiger partial charge in [0.25, 0.3) is 0 Å². The molecular weight excluding hydrogens is 248 g/mol. The highest BCUT2D eigenvalue weighted by atomic mass is 16.2. The molecule has 3 nitrogen and oxygen atoms in total. The second-order valence-corrected chi connectivity index (χ2v) is 6.11. The maximum Gasteiger partial charge on any atom is 0.228 e. The molecule has 0 spiro atoms. The van der Waals surface area contributed by atoms with Crippen LogP contribution in [-0.2, 0) is 11.2 Å². The van der Waals surface area contributed by atoms with E-state index in [0.29, 0.717) is 18.4 Å². The number of hydrogen-bond donors (Lipinski definition) is 0. The van der Waals surface area contributed by atoms with Crippen molar-refractivity contribution in [1.29, 1.82) is 0 Å². The number of anilines is 1. The van der Waals surface area contributed by atoms with Crippen molar-refractivity contribution in [2.45, 2.75) is 44.6 Å². The summed E-state index contributed by atoms with van der Waals surface area (Å²) in [6.45, 7) is 2.01. The summed E-state index contributed by atoms with van der Waals surface area (Å²) in [6.07, 6.45) is 6.56. The fraction of sp³-hybridized carbons (Fsp3) is 0.588. The molecule has 0 N–H and O–H groups in total. The molecule has 0 aromatic heterocycles. The summed E-state index contributed by atoms with van der Waals surface area (Å²) in [5.41, 5.74) is 2.46. The van der Waals surface area contributed by atoms with Crippen LogP contribution in [0.4, 0.5) is 5.69 Å². The van der Waals surface area contributed by atoms with Crippen LogP contribution in [0.25, 0.3) is 0 Å². The van der Waals surface area contributed by atoms with E-state index in [4.69, 9.17) is 0 Å². The van der Waals surface area contributed by atoms with Crippen LogP contribution < -0.4 is 4.90 Å². The third kappa shape index (κ3) is 2.73. The van der Waals surface area contributed by atoms with E-state index in [0.717, 1.165) is 38.0 Å². The first-order valence-electron chi connectivity index (χ1n) is 7.84. The quantitative estimate of drug-likeness (QED) is 0.826. The molecule has 2 heterocycles. The number of hydrogen-bond acceptors (Lipinski definition) is 2. The molecule has 0 bridgehead atoms. The molecule has 1 aromatic rings. The van der Waals surface area contributed by atoms with Crippen LogP contribution in [0.5, 0.6) is 0 Å². The number of likely N-dealkylation sites (tertiary alicyclic amines) is 1. The number of benzene rings is 1. The minimum atomic E-state index is 0.302. The number of nitrogens with zero attached hydrogens (tertiary/aromatic N) is 2. The Morgan fingerprint density at radius 2 is 2.05 bits per heavy atom. The topological polar surface area (TPSA) is 23.6 Å². The molecule has 2 aliphatic rings. The minimum absolute atomic E-state index is 0.302. The van der Waals surface area contributed by atoms with Crippen LogP contribution in [0.3, 0.4) is 0 Å². The van der Waals surface area contributed by atoms with E-state index in [-0.39, 0.29) is 0 Å². The molecule has 3 heteroatoms. The van der Waals surface area contributed by atoms with Gasteiger partial charge in [-0.25, -0.2) is 0 Å². The zero-order chi connectivity index (χ0) is 13.9. The van der Waals surface area contributed by atoms with E-state index in [2.05, 4.69) is 30.1 Å². The lowest BCUT2D eigenvalue weighted by Crippen LogP contribution is -2.43. The number of fused-ring (bicyclic) bond motifs is 1. The smallest absolute Gasteiger partial charge is 0.228 e. The second-order valence-electron chi connectivity index (χ2n) is 6.11. The average Bonchev–Trinajstić information content (AvgIpc) is 2.49. The summed E-state index contributed by atoms with van der Waals surface area (Å²) in [5, 5.41) is 0. The molecule has 1 fully saturated rings. The van der Waals surface area contributed by atoms with E-state index >= 15 is 0 Å². The molecule has 1 saturated heterocycles. The zero-order valence-electron chi connectivity index (χ0n) is 12.3. The molecule has 1 unspecified atom stereocenters. The summed E-state index contributed by atoms with van der Waals surface area (Å²) in [6, 6.07) is 8.79. The van der Waals surface area contributed by atoms with Gasteiger partial charge in [0, 0.05) is 24.7 Å². The van der Waals surface area contributed by atoms with Crippen LogP contribution in [-0.4, -0.2) is 37.0 Å². The van der Waals surface area contributed by atoms with Crippen molar-refractivity contribution >= 4 is 11.6 Å². The van der Waals surface area contributed by atoms with Gasteiger partial charge in [-0.1, -0.05) is 24.6 Å². The van der Waals surface area contributed by atoms with Gasteiger partial charge in [-0.15, -0.1) is 0 Å². The lowest BCUT2D eigenvalue weighted by molar-refractivity contribution is -0.120. The van der Waals surface area contributed by atoms with E-state index < -0.39 is 0 Å². The van der Waals surface area contributed by atoms with Crippen molar-refractivity contribution in [2.24, 2.45) is 0 Å². The van der Waals surface area contributed by atoms with Gasteiger partial charge in [0.05, 0.1) is 0 Å². The van der Waals surface area contributed by atoms with Gasteiger partial charge < -0.3 is 9.80 Å². The summed E-state index contributed by atoms with van der Waals surface area (Å²) in [7, 11) is 2.15. The Morgan fingerprint density at radius 3 is 2.90 bits per heavy atom. The molecule has 0 saturated carbocycles. The van der Waals surface area contributed by atoms with E-state index in [9.17, 15) is 4.79 Å². The first kappa shape index (κ1) is 13.6. The molecular formula is C17H24N2O. The Bertz CT molecular complexity index is 486. The van der Waals surface area contributed by atoms with Crippen molar-refractivity contribution in [3.63, 3.8) is 0 Å². The fourth-order valence-corrected chi connectivity index (χ4v) is 3.51. The summed E-state index contributed by atoms with van der Waals surface area (Å²) < 4.78 is 0. The number of rotatable bonds is 2. The summed E-state index contributed by atoms with van der Waals surface area (Å²) in [4.78, 5) is 17.0. The van der Waals surface area contributed by atoms with Crippen LogP contribution >= 0.6 is 0 Å². The third-order valence-electron chi connectivity index (χ3n) is 4.74. The normalized spacial score (nSPS) is 23.4. The highest BCUT2D eigenvalue weighted by Gasteiger charge is 2.27. The van der Waals surface area contributed by atoms with Crippen molar-refractivity contribution in [3.05, 3.63) is 29.8 Å². The van der Waals surface area contributed by atoms with Crippen LogP contribution in [0.2, 0.25) is 0 Å². The van der Waals surface area contributed by atoms with Gasteiger partial charge in [-0.2, -0.15) is 0 Å². The van der Waals surface area contributed by atoms with Crippen molar-refractivity contribution in [2.75, 3.05) is 25.0 Å². The molecule has 20 heavy (non-hydrogen) atoms. The van der Waals surface area contributed by atoms with Crippen LogP contribution in [0.15, 0.2) is 24.3 Å². The van der Waals surface area contributed by atoms with Crippen molar-refractivity contribution in [1.82, 2.24) is 4.90 Å². The van der Waals surface area contributed by atoms with Gasteiger partial charge in [-0.3, -0.25) is 4.79 Å². The maximum atomic E-state index is 12.7. The lowest BCUT2D eigenvalue weighted by atomic mass is 9.97. The van der Waals surface area contributed by atoms with Crippen LogP contribution in [0.1, 0.15) is 37.7 Å². The molecule has 1 amide bonds. The highest BCUT2D eigenvalue weighted by Crippen LogP contribution is 2.28. The molecule has 1 atom stereocenters. The number of amides is 1. The molecule has 1 aromatic carbocycles. The first-order valence-corrected chi connectivity index (χ1v) is 7.84. The number of aryl methyl sites for hydroxylation is 1. The third-order valence-corrected chi connectivity index (χ3v) is 4.74. The summed E-state index contributed by atoms with van der Waals surface area (Å²) in [5.74, 6) is 0.302. The Kier molecular flexibility index (Phi) is 4.06. The molecule has 3 rings (SSSR count). The lowest BCUT2D eigenvalue weighted by Gasteiger charge is -2.35. The molecule has 0 aliphatic carbocycles. The largest absolute Gasteiger partial charge is 0.312 e. The average molecular weight is 272 g/mol. The number of para-hydroxylation sites is 1. The van der Waals surface area contributed by atoms with E-state index in [1.807, 2.05) is 11.0 Å². The Morgan fingerprint density at radius 1 is 1.20 bits per heavy atom. The molecule has 0 radical (unpaired) electrons. The van der Waals surface area contributed by atoms with Crippen molar-refractivity contribution in [3.8, 4) is 0 Å². The fourth-order valence-electron chi connectivity index (χ4n) is 3.51. The van der Waals surface area contributed by atoms with Crippen molar-refractivity contribution < 1.29 is 4.79 Å². The first-order chi connectivity index (χ1) is 9.75. The van der Waals surface area contributed by atoms with E-state index in [1.54, 1.807) is 0 Å². The SMILES string of the molecule is CN1CCCCC1CC(=O)N1CCCc2ccccc21. The minimum Gasteiger partial charge on any atom is -0.312 e. The number of piperidine rings is 1. The Balaban J connectivity index is 1.72. The predicted molar refractivity (Wildman–Crippen MR) is 82.0 cm³/mol. The molecule has 2 aliphatic heterocycles. The highest BCUT2D eigenvalue weighted by molar-refractivity contribution is 5.94.